The van der Waals surface area contributed by atoms with Crippen LogP contribution in [0.4, 0.5) is 16.3 Å². The summed E-state index contributed by atoms with van der Waals surface area (Å²) < 4.78 is 10.4. The summed E-state index contributed by atoms with van der Waals surface area (Å²) in [6.07, 6.45) is 4.86. The summed E-state index contributed by atoms with van der Waals surface area (Å²) in [5.41, 5.74) is 4.30. The SMILES string of the molecule is COCCNC(=O)[C@@H]1C[C@@H]2CCCC[C@@H]2N1c1cc(C)cc(CNC(=O)c2ccc(-c3ccc(NC(=O)OC(C)(C)C)cc3)cc2)n1. The van der Waals surface area contributed by atoms with Crippen molar-refractivity contribution in [2.75, 3.05) is 30.5 Å². The minimum absolute atomic E-state index is 0.0199. The zero-order valence-corrected chi connectivity index (χ0v) is 28.1. The Bertz CT molecular complexity index is 1550. The van der Waals surface area contributed by atoms with Crippen LogP contribution in [0.2, 0.25) is 0 Å². The van der Waals surface area contributed by atoms with E-state index in [1.165, 1.54) is 6.42 Å². The third-order valence-corrected chi connectivity index (χ3v) is 8.71. The molecule has 1 aliphatic heterocycles. The van der Waals surface area contributed by atoms with Gasteiger partial charge in [-0.05, 0) is 106 Å². The fraction of sp³-hybridized carbons (Fsp3) is 0.459. The minimum atomic E-state index is -0.572. The molecule has 0 radical (unpaired) electrons. The Morgan fingerprint density at radius 3 is 2.30 bits per heavy atom. The summed E-state index contributed by atoms with van der Waals surface area (Å²) in [5.74, 6) is 1.10. The highest BCUT2D eigenvalue weighted by atomic mass is 16.6. The molecule has 47 heavy (non-hydrogen) atoms. The first kappa shape index (κ1) is 33.9. The third kappa shape index (κ3) is 8.88. The molecule has 1 aliphatic carbocycles. The molecular formula is C37H47N5O5. The van der Waals surface area contributed by atoms with Gasteiger partial charge >= 0.3 is 6.09 Å². The summed E-state index contributed by atoms with van der Waals surface area (Å²) in [7, 11) is 1.63. The van der Waals surface area contributed by atoms with Crippen molar-refractivity contribution in [1.29, 1.82) is 0 Å². The maximum atomic E-state index is 13.3. The van der Waals surface area contributed by atoms with Gasteiger partial charge in [-0.3, -0.25) is 14.9 Å². The van der Waals surface area contributed by atoms with Crippen molar-refractivity contribution in [3.05, 3.63) is 77.5 Å². The number of methoxy groups -OCH3 is 1. The number of pyridine rings is 1. The summed E-state index contributed by atoms with van der Waals surface area (Å²) >= 11 is 0. The lowest BCUT2D eigenvalue weighted by Gasteiger charge is -2.35. The standard InChI is InChI=1S/C37H47N5O5/c1-24-20-30(40-33(21-24)42-31-9-7-6-8-28(31)22-32(42)35(44)38-18-19-46-5)23-39-34(43)27-12-10-25(11-13-27)26-14-16-29(17-15-26)41-36(45)47-37(2,3)4/h10-17,20-21,28,31-32H,6-9,18-19,22-23H2,1-5H3,(H,38,44)(H,39,43)(H,41,45)/t28-,31-,32-/m0/s1. The molecule has 2 heterocycles. The molecule has 10 heteroatoms. The molecule has 5 rings (SSSR count). The van der Waals surface area contributed by atoms with Crippen LogP contribution in [0.5, 0.6) is 0 Å². The lowest BCUT2D eigenvalue weighted by molar-refractivity contribution is -0.122. The van der Waals surface area contributed by atoms with Crippen LogP contribution in [-0.2, 0) is 20.8 Å². The second kappa shape index (κ2) is 15.0. The maximum absolute atomic E-state index is 13.3. The average molecular weight is 642 g/mol. The molecule has 0 spiro atoms. The van der Waals surface area contributed by atoms with E-state index in [1.54, 1.807) is 19.2 Å². The highest BCUT2D eigenvalue weighted by molar-refractivity contribution is 5.94. The van der Waals surface area contributed by atoms with Gasteiger partial charge in [-0.2, -0.15) is 0 Å². The van der Waals surface area contributed by atoms with Crippen LogP contribution in [0.1, 0.15) is 74.5 Å². The van der Waals surface area contributed by atoms with E-state index in [9.17, 15) is 14.4 Å². The van der Waals surface area contributed by atoms with E-state index in [1.807, 2.05) is 70.2 Å². The molecule has 3 aromatic rings. The smallest absolute Gasteiger partial charge is 0.412 e. The van der Waals surface area contributed by atoms with Gasteiger partial charge in [0.25, 0.3) is 5.91 Å². The molecule has 3 amide bonds. The molecule has 2 aromatic carbocycles. The van der Waals surface area contributed by atoms with Crippen molar-refractivity contribution in [3.63, 3.8) is 0 Å². The first-order valence-corrected chi connectivity index (χ1v) is 16.5. The number of nitrogens with one attached hydrogen (secondary N) is 3. The lowest BCUT2D eigenvalue weighted by atomic mass is 9.84. The monoisotopic (exact) mass is 641 g/mol. The number of amides is 3. The number of ether oxygens (including phenoxy) is 2. The zero-order valence-electron chi connectivity index (χ0n) is 28.1. The van der Waals surface area contributed by atoms with Crippen molar-refractivity contribution in [2.24, 2.45) is 5.92 Å². The van der Waals surface area contributed by atoms with Gasteiger partial charge in [0.15, 0.2) is 0 Å². The number of hydrogen-bond donors (Lipinski definition) is 3. The Kier molecular flexibility index (Phi) is 10.8. The Morgan fingerprint density at radius 1 is 0.936 bits per heavy atom. The molecule has 1 saturated heterocycles. The Morgan fingerprint density at radius 2 is 1.62 bits per heavy atom. The Balaban J connectivity index is 1.22. The number of fused-ring (bicyclic) bond motifs is 1. The predicted octanol–water partition coefficient (Wildman–Crippen LogP) is 6.23. The number of hydrogen-bond acceptors (Lipinski definition) is 7. The van der Waals surface area contributed by atoms with Crippen LogP contribution in [0, 0.1) is 12.8 Å². The van der Waals surface area contributed by atoms with Crippen LogP contribution in [0.25, 0.3) is 11.1 Å². The van der Waals surface area contributed by atoms with Crippen molar-refractivity contribution < 1.29 is 23.9 Å². The molecule has 250 valence electrons. The highest BCUT2D eigenvalue weighted by Crippen LogP contribution is 2.42. The van der Waals surface area contributed by atoms with E-state index in [4.69, 9.17) is 14.5 Å². The Labute approximate surface area is 277 Å². The van der Waals surface area contributed by atoms with E-state index in [0.29, 0.717) is 30.3 Å². The summed E-state index contributed by atoms with van der Waals surface area (Å²) in [6, 6.07) is 18.9. The van der Waals surface area contributed by atoms with Crippen LogP contribution < -0.4 is 20.9 Å². The van der Waals surface area contributed by atoms with Gasteiger partial charge in [-0.1, -0.05) is 37.1 Å². The quantitative estimate of drug-likeness (QED) is 0.224. The molecule has 1 aromatic heterocycles. The summed E-state index contributed by atoms with van der Waals surface area (Å²) in [4.78, 5) is 45.7. The largest absolute Gasteiger partial charge is 0.444 e. The van der Waals surface area contributed by atoms with Gasteiger partial charge in [0, 0.05) is 30.9 Å². The number of carbonyl (C=O) groups excluding carboxylic acids is 3. The van der Waals surface area contributed by atoms with Crippen molar-refractivity contribution >= 4 is 29.4 Å². The van der Waals surface area contributed by atoms with E-state index in [0.717, 1.165) is 53.9 Å². The fourth-order valence-corrected chi connectivity index (χ4v) is 6.61. The fourth-order valence-electron chi connectivity index (χ4n) is 6.61. The number of aryl methyl sites for hydroxylation is 1. The van der Waals surface area contributed by atoms with Gasteiger partial charge in [0.2, 0.25) is 5.91 Å². The molecular weight excluding hydrogens is 594 g/mol. The molecule has 10 nitrogen and oxygen atoms in total. The molecule has 2 fully saturated rings. The normalized spacial score (nSPS) is 19.1. The van der Waals surface area contributed by atoms with Gasteiger partial charge < -0.3 is 25.0 Å². The maximum Gasteiger partial charge on any atom is 0.412 e. The molecule has 2 aliphatic rings. The summed E-state index contributed by atoms with van der Waals surface area (Å²) in [5, 5.41) is 8.80. The number of anilines is 2. The summed E-state index contributed by atoms with van der Waals surface area (Å²) in [6.45, 7) is 8.71. The van der Waals surface area contributed by atoms with Crippen molar-refractivity contribution in [3.8, 4) is 11.1 Å². The number of aromatic nitrogens is 1. The van der Waals surface area contributed by atoms with Crippen LogP contribution in [-0.4, -0.2) is 60.8 Å². The highest BCUT2D eigenvalue weighted by Gasteiger charge is 2.45. The second-order valence-electron chi connectivity index (χ2n) is 13.5. The number of rotatable bonds is 10. The first-order chi connectivity index (χ1) is 22.5. The van der Waals surface area contributed by atoms with Crippen LogP contribution in [0.15, 0.2) is 60.7 Å². The van der Waals surface area contributed by atoms with Gasteiger partial charge in [-0.15, -0.1) is 0 Å². The van der Waals surface area contributed by atoms with E-state index < -0.39 is 11.7 Å². The molecule has 0 bridgehead atoms. The van der Waals surface area contributed by atoms with Gasteiger partial charge in [-0.25, -0.2) is 9.78 Å². The van der Waals surface area contributed by atoms with Crippen LogP contribution in [0.3, 0.4) is 0 Å². The molecule has 0 unspecified atom stereocenters. The van der Waals surface area contributed by atoms with Crippen LogP contribution >= 0.6 is 0 Å². The first-order valence-electron chi connectivity index (χ1n) is 16.5. The van der Waals surface area contributed by atoms with E-state index in [-0.39, 0.29) is 30.4 Å². The van der Waals surface area contributed by atoms with Crippen molar-refractivity contribution in [1.82, 2.24) is 15.6 Å². The van der Waals surface area contributed by atoms with E-state index >= 15 is 0 Å². The number of carbonyl (C=O) groups is 3. The molecule has 1 saturated carbocycles. The Hall–Kier alpha value is -4.44. The third-order valence-electron chi connectivity index (χ3n) is 8.71. The zero-order chi connectivity index (χ0) is 33.6. The molecule has 3 atom stereocenters. The number of benzene rings is 2. The van der Waals surface area contributed by atoms with Gasteiger partial charge in [0.05, 0.1) is 18.8 Å². The predicted molar refractivity (Wildman–Crippen MR) is 183 cm³/mol. The minimum Gasteiger partial charge on any atom is -0.444 e. The average Bonchev–Trinajstić information content (AvgIpc) is 3.43. The van der Waals surface area contributed by atoms with Gasteiger partial charge in [0.1, 0.15) is 17.5 Å². The van der Waals surface area contributed by atoms with E-state index in [2.05, 4.69) is 26.9 Å². The lowest BCUT2D eigenvalue weighted by Crippen LogP contribution is -2.48. The van der Waals surface area contributed by atoms with Crippen molar-refractivity contribution in [2.45, 2.75) is 84.0 Å². The topological polar surface area (TPSA) is 122 Å². The number of nitrogens with zero attached hydrogens (tertiary/aromatic N) is 2. The molecule has 3 N–H and O–H groups in total. The second-order valence-corrected chi connectivity index (χ2v) is 13.5.